The van der Waals surface area contributed by atoms with Gasteiger partial charge in [-0.2, -0.15) is 0 Å². The third-order valence-corrected chi connectivity index (χ3v) is 8.58. The quantitative estimate of drug-likeness (QED) is 0.641. The first-order valence-electron chi connectivity index (χ1n) is 10.1. The number of allylic oxidation sites excluding steroid dienone is 5. The normalized spacial score (nSPS) is 46.2. The smallest absolute Gasteiger partial charge is 0.162 e. The van der Waals surface area contributed by atoms with E-state index < -0.39 is 5.60 Å². The SMILES string of the molecule is [C-]#[N+]/C(C)=C1\CC[C@H]2[C@@H]3CC=C4C=C(OC)CC[C@]4(C)[C@@]3(O)CC[C@]12C. The maximum Gasteiger partial charge on any atom is 0.162 e. The summed E-state index contributed by atoms with van der Waals surface area (Å²) in [5.74, 6) is 1.81. The lowest BCUT2D eigenvalue weighted by atomic mass is 9.46. The van der Waals surface area contributed by atoms with Gasteiger partial charge in [-0.15, -0.1) is 0 Å². The Morgan fingerprint density at radius 2 is 2.00 bits per heavy atom. The van der Waals surface area contributed by atoms with E-state index in [2.05, 4.69) is 30.8 Å². The average molecular weight is 354 g/mol. The van der Waals surface area contributed by atoms with Gasteiger partial charge in [-0.1, -0.05) is 25.5 Å². The average Bonchev–Trinajstić information content (AvgIpc) is 2.98. The molecular formula is C23H31NO2. The van der Waals surface area contributed by atoms with Gasteiger partial charge >= 0.3 is 0 Å². The van der Waals surface area contributed by atoms with E-state index in [1.54, 1.807) is 7.11 Å². The minimum Gasteiger partial charge on any atom is -0.501 e. The summed E-state index contributed by atoms with van der Waals surface area (Å²) in [5, 5.41) is 12.1. The van der Waals surface area contributed by atoms with Crippen LogP contribution in [0, 0.1) is 29.2 Å². The van der Waals surface area contributed by atoms with E-state index >= 15 is 0 Å². The fraction of sp³-hybridized carbons (Fsp3) is 0.696. The summed E-state index contributed by atoms with van der Waals surface area (Å²) in [5.41, 5.74) is 2.80. The topological polar surface area (TPSA) is 33.8 Å². The number of methoxy groups -OCH3 is 1. The van der Waals surface area contributed by atoms with Gasteiger partial charge in [0.1, 0.15) is 0 Å². The molecule has 0 unspecified atom stereocenters. The summed E-state index contributed by atoms with van der Waals surface area (Å²) in [7, 11) is 1.74. The number of hydrogen-bond donors (Lipinski definition) is 1. The Morgan fingerprint density at radius 3 is 2.69 bits per heavy atom. The molecule has 0 aromatic heterocycles. The highest BCUT2D eigenvalue weighted by molar-refractivity contribution is 5.41. The second-order valence-electron chi connectivity index (χ2n) is 9.31. The minimum absolute atomic E-state index is 0.0927. The maximum atomic E-state index is 12.1. The van der Waals surface area contributed by atoms with Gasteiger partial charge in [-0.3, -0.25) is 0 Å². The van der Waals surface area contributed by atoms with Crippen molar-refractivity contribution in [1.82, 2.24) is 0 Å². The first kappa shape index (κ1) is 17.9. The molecule has 0 spiro atoms. The van der Waals surface area contributed by atoms with Gasteiger partial charge in [0, 0.05) is 11.8 Å². The maximum absolute atomic E-state index is 12.1. The van der Waals surface area contributed by atoms with E-state index in [1.165, 1.54) is 11.1 Å². The first-order chi connectivity index (χ1) is 12.3. The van der Waals surface area contributed by atoms with Crippen LogP contribution in [0.3, 0.4) is 0 Å². The molecule has 0 aromatic rings. The van der Waals surface area contributed by atoms with Crippen LogP contribution in [0.5, 0.6) is 0 Å². The van der Waals surface area contributed by atoms with Gasteiger partial charge in [0.05, 0.1) is 25.0 Å². The molecule has 0 radical (unpaired) electrons. The molecular weight excluding hydrogens is 322 g/mol. The van der Waals surface area contributed by atoms with Crippen LogP contribution < -0.4 is 0 Å². The molecule has 0 amide bonds. The lowest BCUT2D eigenvalue weighted by molar-refractivity contribution is -0.172. The third kappa shape index (κ3) is 2.09. The van der Waals surface area contributed by atoms with Crippen LogP contribution in [0.2, 0.25) is 0 Å². The van der Waals surface area contributed by atoms with Crippen molar-refractivity contribution >= 4 is 0 Å². The molecule has 0 aliphatic heterocycles. The van der Waals surface area contributed by atoms with Gasteiger partial charge in [0.2, 0.25) is 0 Å². The lowest BCUT2D eigenvalue weighted by Crippen LogP contribution is -2.61. The molecule has 5 atom stereocenters. The Hall–Kier alpha value is -1.53. The van der Waals surface area contributed by atoms with Crippen LogP contribution in [0.25, 0.3) is 4.85 Å². The summed E-state index contributed by atoms with van der Waals surface area (Å²) < 4.78 is 5.50. The van der Waals surface area contributed by atoms with Crippen molar-refractivity contribution in [2.24, 2.45) is 22.7 Å². The molecule has 0 saturated heterocycles. The zero-order valence-corrected chi connectivity index (χ0v) is 16.6. The van der Waals surface area contributed by atoms with E-state index in [9.17, 15) is 5.11 Å². The predicted molar refractivity (Wildman–Crippen MR) is 103 cm³/mol. The molecule has 4 rings (SSSR count). The molecule has 4 aliphatic rings. The van der Waals surface area contributed by atoms with Gasteiger partial charge < -0.3 is 9.84 Å². The summed E-state index contributed by atoms with van der Waals surface area (Å²) in [6, 6.07) is 0. The van der Waals surface area contributed by atoms with Crippen LogP contribution in [0.1, 0.15) is 65.7 Å². The Kier molecular flexibility index (Phi) is 3.94. The van der Waals surface area contributed by atoms with E-state index in [4.69, 9.17) is 11.3 Å². The highest BCUT2D eigenvalue weighted by Crippen LogP contribution is 2.67. The molecule has 0 aromatic carbocycles. The van der Waals surface area contributed by atoms with Crippen LogP contribution in [-0.2, 0) is 4.74 Å². The van der Waals surface area contributed by atoms with Crippen molar-refractivity contribution < 1.29 is 9.84 Å². The van der Waals surface area contributed by atoms with E-state index in [-0.39, 0.29) is 10.8 Å². The highest BCUT2D eigenvalue weighted by atomic mass is 16.5. The first-order valence-corrected chi connectivity index (χ1v) is 10.1. The van der Waals surface area contributed by atoms with Crippen molar-refractivity contribution in [1.29, 1.82) is 0 Å². The Labute approximate surface area is 157 Å². The monoisotopic (exact) mass is 353 g/mol. The number of aliphatic hydroxyl groups is 1. The second kappa shape index (κ2) is 5.73. The summed E-state index contributed by atoms with van der Waals surface area (Å²) >= 11 is 0. The lowest BCUT2D eigenvalue weighted by Gasteiger charge is -2.61. The standard InChI is InChI=1S/C23H31NO2/c1-15(24-4)18-8-9-19-20-7-6-16-14-17(26-5)10-11-22(16,3)23(20,25)13-12-21(18,19)2/h6,14,19-20,25H,7-13H2,1-3,5H3/b18-15+/t19-,20-,21+,22-,23+/m0/s1. The fourth-order valence-corrected chi connectivity index (χ4v) is 6.87. The highest BCUT2D eigenvalue weighted by Gasteiger charge is 2.64. The molecule has 3 nitrogen and oxygen atoms in total. The number of fused-ring (bicyclic) bond motifs is 5. The zero-order valence-electron chi connectivity index (χ0n) is 16.6. The van der Waals surface area contributed by atoms with E-state index in [0.29, 0.717) is 11.8 Å². The molecule has 2 saturated carbocycles. The number of rotatable bonds is 1. The largest absolute Gasteiger partial charge is 0.501 e. The van der Waals surface area contributed by atoms with Crippen molar-refractivity contribution in [2.45, 2.75) is 71.3 Å². The molecule has 4 aliphatic carbocycles. The fourth-order valence-electron chi connectivity index (χ4n) is 6.87. The van der Waals surface area contributed by atoms with E-state index in [1.807, 2.05) is 6.92 Å². The van der Waals surface area contributed by atoms with Crippen molar-refractivity contribution in [3.63, 3.8) is 0 Å². The van der Waals surface area contributed by atoms with Gasteiger partial charge in [0.25, 0.3) is 0 Å². The van der Waals surface area contributed by atoms with Crippen LogP contribution in [0.4, 0.5) is 0 Å². The molecule has 0 bridgehead atoms. The summed E-state index contributed by atoms with van der Waals surface area (Å²) in [6.45, 7) is 14.1. The molecule has 2 fully saturated rings. The van der Waals surface area contributed by atoms with Crippen molar-refractivity contribution in [2.75, 3.05) is 7.11 Å². The number of ether oxygens (including phenoxy) is 1. The Balaban J connectivity index is 1.77. The van der Waals surface area contributed by atoms with Crippen molar-refractivity contribution in [3.05, 3.63) is 46.2 Å². The molecule has 1 N–H and O–H groups in total. The molecule has 3 heteroatoms. The predicted octanol–water partition coefficient (Wildman–Crippen LogP) is 5.40. The zero-order chi connectivity index (χ0) is 18.7. The number of nitrogens with zero attached hydrogens (tertiary/aromatic N) is 1. The molecule has 140 valence electrons. The summed E-state index contributed by atoms with van der Waals surface area (Å²) in [4.78, 5) is 3.76. The molecule has 26 heavy (non-hydrogen) atoms. The van der Waals surface area contributed by atoms with E-state index in [0.717, 1.165) is 56.4 Å². The van der Waals surface area contributed by atoms with Crippen LogP contribution >= 0.6 is 0 Å². The Bertz CT molecular complexity index is 770. The third-order valence-electron chi connectivity index (χ3n) is 8.58. The van der Waals surface area contributed by atoms with Gasteiger partial charge in [-0.25, -0.2) is 4.85 Å². The van der Waals surface area contributed by atoms with Crippen LogP contribution in [-0.4, -0.2) is 17.8 Å². The summed E-state index contributed by atoms with van der Waals surface area (Å²) in [6.07, 6.45) is 11.3. The number of hydrogen-bond acceptors (Lipinski definition) is 2. The minimum atomic E-state index is -0.640. The van der Waals surface area contributed by atoms with Gasteiger partial charge in [-0.05, 0) is 74.3 Å². The van der Waals surface area contributed by atoms with Crippen LogP contribution in [0.15, 0.2) is 34.8 Å². The van der Waals surface area contributed by atoms with Gasteiger partial charge in [0.15, 0.2) is 5.70 Å². The second-order valence-corrected chi connectivity index (χ2v) is 9.31. The Morgan fingerprint density at radius 1 is 1.23 bits per heavy atom. The molecule has 0 heterocycles. The van der Waals surface area contributed by atoms with Crippen molar-refractivity contribution in [3.8, 4) is 0 Å².